The number of piperazine rings is 1. The van der Waals surface area contributed by atoms with Crippen LogP contribution in [0.3, 0.4) is 0 Å². The van der Waals surface area contributed by atoms with Gasteiger partial charge >= 0.3 is 5.51 Å². The van der Waals surface area contributed by atoms with Gasteiger partial charge in [-0.3, -0.25) is 9.69 Å². The molecule has 7 heteroatoms. The fraction of sp³-hybridized carbons (Fsp3) is 0.471. The summed E-state index contributed by atoms with van der Waals surface area (Å²) in [4.78, 5) is 16.4. The summed E-state index contributed by atoms with van der Waals surface area (Å²) in [6, 6.07) is 6.45. The quantitative estimate of drug-likeness (QED) is 0.603. The molecule has 0 bridgehead atoms. The first-order chi connectivity index (χ1) is 11.2. The van der Waals surface area contributed by atoms with E-state index in [0.29, 0.717) is 24.7 Å². The van der Waals surface area contributed by atoms with Gasteiger partial charge in [0.25, 0.3) is 0 Å². The third kappa shape index (κ3) is 5.87. The Morgan fingerprint density at radius 3 is 2.21 bits per heavy atom. The number of carbonyl (C=O) groups excluding carboxylic acids is 1. The molecule has 3 nitrogen and oxygen atoms in total. The Hall–Kier alpha value is -1.47. The van der Waals surface area contributed by atoms with Crippen molar-refractivity contribution in [3.63, 3.8) is 0 Å². The molecule has 0 saturated carbocycles. The minimum absolute atomic E-state index is 0.0628. The van der Waals surface area contributed by atoms with E-state index in [1.54, 1.807) is 23.1 Å². The highest BCUT2D eigenvalue weighted by molar-refractivity contribution is 8.00. The van der Waals surface area contributed by atoms with Crippen molar-refractivity contribution < 1.29 is 18.0 Å². The number of carbonyl (C=O) groups is 1. The molecule has 0 atom stereocenters. The third-order valence-corrected chi connectivity index (χ3v) is 4.63. The van der Waals surface area contributed by atoms with Crippen molar-refractivity contribution in [1.29, 1.82) is 0 Å². The third-order valence-electron chi connectivity index (χ3n) is 3.89. The molecule has 2 rings (SSSR count). The van der Waals surface area contributed by atoms with Gasteiger partial charge in [-0.15, -0.1) is 0 Å². The number of benzene rings is 1. The van der Waals surface area contributed by atoms with Crippen LogP contribution >= 0.6 is 11.8 Å². The Kier molecular flexibility index (Phi) is 6.34. The lowest BCUT2D eigenvalue weighted by atomic mass is 10.2. The van der Waals surface area contributed by atoms with Crippen LogP contribution in [0.4, 0.5) is 13.2 Å². The molecule has 0 N–H and O–H groups in total. The standard InChI is InChI=1S/C17H21F3N2OS/c1-13(2)21-9-11-22(12-10-21)16(23)8-5-14-3-6-15(7-4-14)24-17(18,19)20/h3-8,13H,9-12H2,1-2H3/b8-5+. The van der Waals surface area contributed by atoms with Crippen LogP contribution in [-0.4, -0.2) is 53.4 Å². The lowest BCUT2D eigenvalue weighted by Gasteiger charge is -2.36. The number of nitrogens with zero attached hydrogens (tertiary/aromatic N) is 2. The summed E-state index contributed by atoms with van der Waals surface area (Å²) in [5.41, 5.74) is -3.58. The van der Waals surface area contributed by atoms with Crippen molar-refractivity contribution in [3.05, 3.63) is 35.9 Å². The zero-order valence-electron chi connectivity index (χ0n) is 13.7. The van der Waals surface area contributed by atoms with Crippen molar-refractivity contribution in [2.24, 2.45) is 0 Å². The molecule has 0 aliphatic carbocycles. The lowest BCUT2D eigenvalue weighted by Crippen LogP contribution is -2.50. The van der Waals surface area contributed by atoms with E-state index in [-0.39, 0.29) is 22.6 Å². The summed E-state index contributed by atoms with van der Waals surface area (Å²) in [7, 11) is 0. The summed E-state index contributed by atoms with van der Waals surface area (Å²) < 4.78 is 36.8. The van der Waals surface area contributed by atoms with Crippen molar-refractivity contribution in [2.45, 2.75) is 30.3 Å². The SMILES string of the molecule is CC(C)N1CCN(C(=O)/C=C/c2ccc(SC(F)(F)F)cc2)CC1. The second-order valence-corrected chi connectivity index (χ2v) is 7.04. The van der Waals surface area contributed by atoms with Gasteiger partial charge in [0, 0.05) is 43.2 Å². The fourth-order valence-electron chi connectivity index (χ4n) is 2.51. The molecule has 1 aromatic rings. The van der Waals surface area contributed by atoms with Crippen LogP contribution in [0.25, 0.3) is 6.08 Å². The minimum Gasteiger partial charge on any atom is -0.337 e. The van der Waals surface area contributed by atoms with E-state index in [2.05, 4.69) is 18.7 Å². The fourth-order valence-corrected chi connectivity index (χ4v) is 3.05. The number of hydrogen-bond donors (Lipinski definition) is 0. The number of amides is 1. The van der Waals surface area contributed by atoms with E-state index in [1.807, 2.05) is 0 Å². The van der Waals surface area contributed by atoms with Gasteiger partial charge in [0.15, 0.2) is 0 Å². The van der Waals surface area contributed by atoms with Gasteiger partial charge in [-0.05, 0) is 49.4 Å². The molecular formula is C17H21F3N2OS. The van der Waals surface area contributed by atoms with Crippen LogP contribution in [0, 0.1) is 0 Å². The Morgan fingerprint density at radius 2 is 1.71 bits per heavy atom. The highest BCUT2D eigenvalue weighted by Gasteiger charge is 2.29. The maximum absolute atomic E-state index is 12.3. The Morgan fingerprint density at radius 1 is 1.12 bits per heavy atom. The Balaban J connectivity index is 1.88. The zero-order valence-corrected chi connectivity index (χ0v) is 14.5. The van der Waals surface area contributed by atoms with Crippen molar-refractivity contribution >= 4 is 23.7 Å². The zero-order chi connectivity index (χ0) is 17.7. The summed E-state index contributed by atoms with van der Waals surface area (Å²) in [6.07, 6.45) is 3.12. The number of rotatable bonds is 4. The maximum atomic E-state index is 12.3. The number of alkyl halides is 3. The van der Waals surface area contributed by atoms with Crippen molar-refractivity contribution in [3.8, 4) is 0 Å². The molecule has 1 aromatic carbocycles. The first kappa shape index (κ1) is 18.9. The van der Waals surface area contributed by atoms with E-state index in [0.717, 1.165) is 13.1 Å². The van der Waals surface area contributed by atoms with E-state index in [1.165, 1.54) is 18.2 Å². The first-order valence-corrected chi connectivity index (χ1v) is 8.63. The molecule has 1 aliphatic rings. The van der Waals surface area contributed by atoms with E-state index in [9.17, 15) is 18.0 Å². The lowest BCUT2D eigenvalue weighted by molar-refractivity contribution is -0.127. The average molecular weight is 358 g/mol. The summed E-state index contributed by atoms with van der Waals surface area (Å²) in [6.45, 7) is 7.39. The van der Waals surface area contributed by atoms with Crippen molar-refractivity contribution in [1.82, 2.24) is 9.80 Å². The van der Waals surface area contributed by atoms with Gasteiger partial charge in [-0.2, -0.15) is 13.2 Å². The molecule has 1 amide bonds. The smallest absolute Gasteiger partial charge is 0.337 e. The average Bonchev–Trinajstić information content (AvgIpc) is 2.52. The topological polar surface area (TPSA) is 23.6 Å². The molecule has 0 unspecified atom stereocenters. The predicted molar refractivity (Wildman–Crippen MR) is 90.7 cm³/mol. The highest BCUT2D eigenvalue weighted by Crippen LogP contribution is 2.36. The summed E-state index contributed by atoms with van der Waals surface area (Å²) in [5, 5.41) is 0. The molecule has 1 saturated heterocycles. The molecule has 1 fully saturated rings. The van der Waals surface area contributed by atoms with Crippen LogP contribution in [0.2, 0.25) is 0 Å². The molecule has 0 aromatic heterocycles. The molecule has 1 heterocycles. The molecule has 1 aliphatic heterocycles. The normalized spacial score (nSPS) is 17.0. The largest absolute Gasteiger partial charge is 0.446 e. The Labute approximate surface area is 144 Å². The number of thioether (sulfide) groups is 1. The van der Waals surface area contributed by atoms with Gasteiger partial charge in [0.2, 0.25) is 5.91 Å². The van der Waals surface area contributed by atoms with Crippen LogP contribution in [0.15, 0.2) is 35.2 Å². The second-order valence-electron chi connectivity index (χ2n) is 5.91. The van der Waals surface area contributed by atoms with Crippen LogP contribution < -0.4 is 0 Å². The monoisotopic (exact) mass is 358 g/mol. The Bertz CT molecular complexity index is 576. The number of halogens is 3. The molecule has 24 heavy (non-hydrogen) atoms. The van der Waals surface area contributed by atoms with Crippen LogP contribution in [-0.2, 0) is 4.79 Å². The summed E-state index contributed by atoms with van der Waals surface area (Å²) >= 11 is -0.145. The van der Waals surface area contributed by atoms with Gasteiger partial charge in [-0.25, -0.2) is 0 Å². The van der Waals surface area contributed by atoms with Gasteiger partial charge in [-0.1, -0.05) is 12.1 Å². The molecular weight excluding hydrogens is 337 g/mol. The highest BCUT2D eigenvalue weighted by atomic mass is 32.2. The first-order valence-electron chi connectivity index (χ1n) is 7.81. The van der Waals surface area contributed by atoms with E-state index in [4.69, 9.17) is 0 Å². The molecule has 0 spiro atoms. The minimum atomic E-state index is -4.29. The number of hydrogen-bond acceptors (Lipinski definition) is 3. The molecule has 0 radical (unpaired) electrons. The van der Waals surface area contributed by atoms with Gasteiger partial charge in [0.1, 0.15) is 0 Å². The van der Waals surface area contributed by atoms with Crippen LogP contribution in [0.5, 0.6) is 0 Å². The summed E-state index contributed by atoms with van der Waals surface area (Å²) in [5.74, 6) is -0.0628. The predicted octanol–water partition coefficient (Wildman–Crippen LogP) is 3.86. The van der Waals surface area contributed by atoms with Crippen molar-refractivity contribution in [2.75, 3.05) is 26.2 Å². The van der Waals surface area contributed by atoms with E-state index < -0.39 is 5.51 Å². The molecule has 132 valence electrons. The maximum Gasteiger partial charge on any atom is 0.446 e. The van der Waals surface area contributed by atoms with E-state index >= 15 is 0 Å². The van der Waals surface area contributed by atoms with Gasteiger partial charge in [0.05, 0.1) is 0 Å². The van der Waals surface area contributed by atoms with Gasteiger partial charge < -0.3 is 4.90 Å². The second kappa shape index (κ2) is 8.07. The van der Waals surface area contributed by atoms with Crippen LogP contribution in [0.1, 0.15) is 19.4 Å².